The molecule has 0 radical (unpaired) electrons. The van der Waals surface area contributed by atoms with Gasteiger partial charge in [-0.05, 0) is 0 Å². The first-order valence-corrected chi connectivity index (χ1v) is 4.36. The standard InChI is InChI=1S/C8H11FN2O3/c9-5-6(13)4(3-12)11-2-1-10-8(11)7(5)14/h1-2,4-7,12-14H,3H2/p+1/t4-,5+,6-,7-/m1/s1. The zero-order chi connectivity index (χ0) is 10.3. The summed E-state index contributed by atoms with van der Waals surface area (Å²) in [5.74, 6) is 0.266. The van der Waals surface area contributed by atoms with Gasteiger partial charge in [0.05, 0.1) is 6.61 Å². The first-order valence-electron chi connectivity index (χ1n) is 4.36. The van der Waals surface area contributed by atoms with Crippen molar-refractivity contribution in [2.45, 2.75) is 24.4 Å². The molecule has 14 heavy (non-hydrogen) atoms. The molecule has 2 heterocycles. The van der Waals surface area contributed by atoms with Crippen molar-refractivity contribution < 1.29 is 24.3 Å². The fraction of sp³-hybridized carbons (Fsp3) is 0.625. The van der Waals surface area contributed by atoms with Crippen molar-refractivity contribution in [3.63, 3.8) is 0 Å². The molecule has 0 amide bonds. The summed E-state index contributed by atoms with van der Waals surface area (Å²) in [5.41, 5.74) is 0. The minimum atomic E-state index is -1.77. The number of H-pyrrole nitrogens is 1. The smallest absolute Gasteiger partial charge is 0.287 e. The highest BCUT2D eigenvalue weighted by Crippen LogP contribution is 2.27. The summed E-state index contributed by atoms with van der Waals surface area (Å²) in [5, 5.41) is 27.9. The topological polar surface area (TPSA) is 80.4 Å². The van der Waals surface area contributed by atoms with Gasteiger partial charge in [-0.2, -0.15) is 0 Å². The number of aliphatic hydroxyl groups excluding tert-OH is 3. The SMILES string of the molecule is OC[C@@H]1[C@@H](O)[C@H](F)[C@@H](O)c2[nH]cc[n+]21. The Morgan fingerprint density at radius 1 is 1.50 bits per heavy atom. The van der Waals surface area contributed by atoms with E-state index in [4.69, 9.17) is 5.11 Å². The van der Waals surface area contributed by atoms with Crippen LogP contribution in [0, 0.1) is 0 Å². The largest absolute Gasteiger partial charge is 0.392 e. The van der Waals surface area contributed by atoms with E-state index < -0.39 is 24.4 Å². The molecule has 0 saturated carbocycles. The van der Waals surface area contributed by atoms with E-state index in [1.165, 1.54) is 10.8 Å². The number of nitrogens with zero attached hydrogens (tertiary/aromatic N) is 1. The molecule has 0 bridgehead atoms. The van der Waals surface area contributed by atoms with Crippen LogP contribution in [0.2, 0.25) is 0 Å². The van der Waals surface area contributed by atoms with Crippen molar-refractivity contribution in [1.29, 1.82) is 0 Å². The van der Waals surface area contributed by atoms with Crippen LogP contribution < -0.4 is 4.57 Å². The summed E-state index contributed by atoms with van der Waals surface area (Å²) in [6.07, 6.45) is -1.46. The molecule has 1 aliphatic heterocycles. The Morgan fingerprint density at radius 3 is 2.86 bits per heavy atom. The van der Waals surface area contributed by atoms with E-state index in [2.05, 4.69) is 4.98 Å². The van der Waals surface area contributed by atoms with Crippen LogP contribution in [0.15, 0.2) is 12.4 Å². The average Bonchev–Trinajstić information content (AvgIpc) is 2.64. The molecule has 2 rings (SSSR count). The van der Waals surface area contributed by atoms with Crippen molar-refractivity contribution in [2.75, 3.05) is 6.61 Å². The van der Waals surface area contributed by atoms with E-state index in [9.17, 15) is 14.6 Å². The Kier molecular flexibility index (Phi) is 2.26. The number of aromatic amines is 1. The fourth-order valence-corrected chi connectivity index (χ4v) is 1.80. The normalized spacial score (nSPS) is 36.9. The van der Waals surface area contributed by atoms with Gasteiger partial charge in [0.15, 0.2) is 18.3 Å². The summed E-state index contributed by atoms with van der Waals surface area (Å²) in [7, 11) is 0. The molecule has 1 aromatic rings. The minimum absolute atomic E-state index is 0.266. The molecule has 6 heteroatoms. The van der Waals surface area contributed by atoms with Crippen molar-refractivity contribution in [3.8, 4) is 0 Å². The first kappa shape index (κ1) is 9.57. The highest BCUT2D eigenvalue weighted by atomic mass is 19.1. The van der Waals surface area contributed by atoms with Crippen LogP contribution in [0.4, 0.5) is 4.39 Å². The van der Waals surface area contributed by atoms with Gasteiger partial charge in [0.1, 0.15) is 18.5 Å². The van der Waals surface area contributed by atoms with Gasteiger partial charge in [-0.1, -0.05) is 0 Å². The number of halogens is 1. The zero-order valence-corrected chi connectivity index (χ0v) is 7.34. The van der Waals surface area contributed by atoms with Gasteiger partial charge in [0.25, 0.3) is 5.82 Å². The Hall–Kier alpha value is -0.980. The molecule has 0 spiro atoms. The maximum Gasteiger partial charge on any atom is 0.287 e. The third kappa shape index (κ3) is 1.15. The number of hydrogen-bond donors (Lipinski definition) is 4. The Labute approximate surface area is 79.4 Å². The van der Waals surface area contributed by atoms with E-state index in [0.717, 1.165) is 0 Å². The van der Waals surface area contributed by atoms with Crippen LogP contribution in [0.3, 0.4) is 0 Å². The first-order chi connectivity index (χ1) is 6.66. The van der Waals surface area contributed by atoms with Crippen molar-refractivity contribution in [2.24, 2.45) is 0 Å². The van der Waals surface area contributed by atoms with Crippen LogP contribution in [-0.2, 0) is 0 Å². The molecule has 0 aromatic carbocycles. The molecule has 5 nitrogen and oxygen atoms in total. The van der Waals surface area contributed by atoms with E-state index >= 15 is 0 Å². The van der Waals surface area contributed by atoms with E-state index in [-0.39, 0.29) is 12.4 Å². The van der Waals surface area contributed by atoms with Crippen LogP contribution in [0.5, 0.6) is 0 Å². The fourth-order valence-electron chi connectivity index (χ4n) is 1.80. The summed E-state index contributed by atoms with van der Waals surface area (Å²) >= 11 is 0. The van der Waals surface area contributed by atoms with Gasteiger partial charge in [-0.25, -0.2) is 13.9 Å². The Bertz CT molecular complexity index is 330. The third-order valence-corrected chi connectivity index (χ3v) is 2.59. The highest BCUT2D eigenvalue weighted by Gasteiger charge is 2.46. The molecule has 1 aliphatic rings. The lowest BCUT2D eigenvalue weighted by Gasteiger charge is -2.29. The monoisotopic (exact) mass is 203 g/mol. The van der Waals surface area contributed by atoms with E-state index in [0.29, 0.717) is 0 Å². The number of nitrogens with one attached hydrogen (secondary N) is 1. The molecule has 0 unspecified atom stereocenters. The highest BCUT2D eigenvalue weighted by molar-refractivity contribution is 4.96. The Morgan fingerprint density at radius 2 is 2.21 bits per heavy atom. The lowest BCUT2D eigenvalue weighted by molar-refractivity contribution is -0.749. The molecule has 1 aromatic heterocycles. The molecule has 0 saturated heterocycles. The number of rotatable bonds is 1. The van der Waals surface area contributed by atoms with Crippen molar-refractivity contribution >= 4 is 0 Å². The number of imidazole rings is 1. The lowest BCUT2D eigenvalue weighted by Crippen LogP contribution is -2.58. The van der Waals surface area contributed by atoms with E-state index in [1.54, 1.807) is 6.20 Å². The molecule has 78 valence electrons. The van der Waals surface area contributed by atoms with Crippen LogP contribution in [0.25, 0.3) is 0 Å². The van der Waals surface area contributed by atoms with Crippen molar-refractivity contribution in [3.05, 3.63) is 18.2 Å². The molecule has 4 atom stereocenters. The molecule has 0 fully saturated rings. The molecular weight excluding hydrogens is 191 g/mol. The zero-order valence-electron chi connectivity index (χ0n) is 7.34. The summed E-state index contributed by atoms with van der Waals surface area (Å²) in [6, 6.07) is -0.741. The second-order valence-electron chi connectivity index (χ2n) is 3.38. The van der Waals surface area contributed by atoms with Crippen molar-refractivity contribution in [1.82, 2.24) is 4.98 Å². The number of alkyl halides is 1. The molecular formula is C8H12FN2O3+. The van der Waals surface area contributed by atoms with Gasteiger partial charge < -0.3 is 15.3 Å². The van der Waals surface area contributed by atoms with Gasteiger partial charge in [-0.15, -0.1) is 0 Å². The maximum atomic E-state index is 13.3. The average molecular weight is 203 g/mol. The van der Waals surface area contributed by atoms with Crippen LogP contribution in [-0.4, -0.2) is 39.2 Å². The van der Waals surface area contributed by atoms with E-state index in [1.807, 2.05) is 0 Å². The third-order valence-electron chi connectivity index (χ3n) is 2.59. The summed E-state index contributed by atoms with van der Waals surface area (Å²) in [6.45, 7) is -0.371. The summed E-state index contributed by atoms with van der Waals surface area (Å²) < 4.78 is 14.8. The predicted octanol–water partition coefficient (Wildman–Crippen LogP) is -1.42. The maximum absolute atomic E-state index is 13.3. The van der Waals surface area contributed by atoms with Crippen LogP contribution >= 0.6 is 0 Å². The molecule has 0 aliphatic carbocycles. The predicted molar refractivity (Wildman–Crippen MR) is 43.0 cm³/mol. The number of aliphatic hydroxyl groups is 3. The van der Waals surface area contributed by atoms with Gasteiger partial charge in [-0.3, -0.25) is 0 Å². The minimum Gasteiger partial charge on any atom is -0.392 e. The summed E-state index contributed by atoms with van der Waals surface area (Å²) in [4.78, 5) is 2.67. The van der Waals surface area contributed by atoms with Gasteiger partial charge >= 0.3 is 0 Å². The number of hydrogen-bond acceptors (Lipinski definition) is 3. The quantitative estimate of drug-likeness (QED) is 0.423. The number of fused-ring (bicyclic) bond motifs is 1. The van der Waals surface area contributed by atoms with Gasteiger partial charge in [0, 0.05) is 0 Å². The second kappa shape index (κ2) is 3.30. The Balaban J connectivity index is 2.44. The van der Waals surface area contributed by atoms with Crippen LogP contribution in [0.1, 0.15) is 18.0 Å². The van der Waals surface area contributed by atoms with Gasteiger partial charge in [0.2, 0.25) is 0 Å². The lowest BCUT2D eigenvalue weighted by atomic mass is 9.97. The number of aromatic nitrogens is 2. The molecule has 4 N–H and O–H groups in total. The second-order valence-corrected chi connectivity index (χ2v) is 3.38.